The normalized spacial score (nSPS) is 19.8. The molecular formula is C15H26N2O. The second-order valence-electron chi connectivity index (χ2n) is 5.25. The number of carbonyl (C=O) groups is 1. The molecule has 1 rings (SSSR count). The molecule has 0 spiro atoms. The Balaban J connectivity index is 2.33. The van der Waals surface area contributed by atoms with Crippen LogP contribution in [0.3, 0.4) is 0 Å². The number of nitrogens with one attached hydrogen (secondary N) is 2. The fourth-order valence-electron chi connectivity index (χ4n) is 2.47. The molecule has 0 saturated heterocycles. The quantitative estimate of drug-likeness (QED) is 0.710. The Bertz CT molecular complexity index is 289. The van der Waals surface area contributed by atoms with Crippen LogP contribution < -0.4 is 10.6 Å². The number of amides is 1. The number of terminal acetylenes is 1. The van der Waals surface area contributed by atoms with Crippen LogP contribution >= 0.6 is 0 Å². The second-order valence-corrected chi connectivity index (χ2v) is 5.25. The Labute approximate surface area is 111 Å². The van der Waals surface area contributed by atoms with E-state index in [1.165, 1.54) is 19.3 Å². The van der Waals surface area contributed by atoms with E-state index in [0.29, 0.717) is 12.5 Å². The van der Waals surface area contributed by atoms with Crippen molar-refractivity contribution in [3.63, 3.8) is 0 Å². The van der Waals surface area contributed by atoms with Crippen LogP contribution in [-0.2, 0) is 4.79 Å². The van der Waals surface area contributed by atoms with Gasteiger partial charge in [-0.05, 0) is 26.2 Å². The topological polar surface area (TPSA) is 41.1 Å². The molecule has 0 heterocycles. The van der Waals surface area contributed by atoms with Crippen molar-refractivity contribution in [1.82, 2.24) is 10.6 Å². The average Bonchev–Trinajstić information content (AvgIpc) is 2.39. The van der Waals surface area contributed by atoms with E-state index in [2.05, 4.69) is 23.5 Å². The maximum atomic E-state index is 12.0. The molecule has 1 aliphatic carbocycles. The van der Waals surface area contributed by atoms with Gasteiger partial charge in [0.15, 0.2) is 0 Å². The molecule has 0 aromatic rings. The van der Waals surface area contributed by atoms with Crippen LogP contribution in [0.2, 0.25) is 0 Å². The van der Waals surface area contributed by atoms with Crippen molar-refractivity contribution in [3.8, 4) is 12.3 Å². The van der Waals surface area contributed by atoms with Gasteiger partial charge in [-0.2, -0.15) is 0 Å². The van der Waals surface area contributed by atoms with E-state index in [0.717, 1.165) is 19.3 Å². The Morgan fingerprint density at radius 1 is 1.39 bits per heavy atom. The Morgan fingerprint density at radius 3 is 2.61 bits per heavy atom. The summed E-state index contributed by atoms with van der Waals surface area (Å²) in [7, 11) is 0. The number of hydrogen-bond donors (Lipinski definition) is 2. The smallest absolute Gasteiger partial charge is 0.237 e. The maximum Gasteiger partial charge on any atom is 0.237 e. The van der Waals surface area contributed by atoms with Crippen LogP contribution in [0.15, 0.2) is 0 Å². The Hall–Kier alpha value is -1.01. The molecule has 0 aromatic heterocycles. The van der Waals surface area contributed by atoms with E-state index in [-0.39, 0.29) is 18.0 Å². The van der Waals surface area contributed by atoms with Gasteiger partial charge in [-0.3, -0.25) is 4.79 Å². The van der Waals surface area contributed by atoms with Crippen molar-refractivity contribution in [1.29, 1.82) is 0 Å². The molecule has 102 valence electrons. The Kier molecular flexibility index (Phi) is 6.82. The first-order chi connectivity index (χ1) is 8.67. The summed E-state index contributed by atoms with van der Waals surface area (Å²) in [6, 6.07) is 0.454. The zero-order valence-electron chi connectivity index (χ0n) is 11.7. The molecule has 0 radical (unpaired) electrons. The van der Waals surface area contributed by atoms with E-state index in [4.69, 9.17) is 6.42 Å². The summed E-state index contributed by atoms with van der Waals surface area (Å²) < 4.78 is 0. The number of hydrogen-bond acceptors (Lipinski definition) is 2. The van der Waals surface area contributed by atoms with Gasteiger partial charge in [0.25, 0.3) is 0 Å². The van der Waals surface area contributed by atoms with Crippen LogP contribution in [-0.4, -0.2) is 24.0 Å². The maximum absolute atomic E-state index is 12.0. The molecule has 0 aromatic carbocycles. The minimum atomic E-state index is -0.162. The van der Waals surface area contributed by atoms with Crippen LogP contribution in [0.25, 0.3) is 0 Å². The van der Waals surface area contributed by atoms with Gasteiger partial charge in [-0.1, -0.05) is 26.2 Å². The summed E-state index contributed by atoms with van der Waals surface area (Å²) >= 11 is 0. The molecule has 3 heteroatoms. The van der Waals surface area contributed by atoms with E-state index in [9.17, 15) is 4.79 Å². The van der Waals surface area contributed by atoms with Crippen molar-refractivity contribution in [2.75, 3.05) is 0 Å². The van der Waals surface area contributed by atoms with Gasteiger partial charge in [-0.15, -0.1) is 12.3 Å². The van der Waals surface area contributed by atoms with Gasteiger partial charge < -0.3 is 10.6 Å². The molecule has 1 fully saturated rings. The molecule has 3 nitrogen and oxygen atoms in total. The van der Waals surface area contributed by atoms with Crippen molar-refractivity contribution >= 4 is 5.91 Å². The van der Waals surface area contributed by atoms with Gasteiger partial charge in [0.2, 0.25) is 5.91 Å². The largest absolute Gasteiger partial charge is 0.352 e. The highest BCUT2D eigenvalue weighted by molar-refractivity contribution is 5.81. The van der Waals surface area contributed by atoms with E-state index >= 15 is 0 Å². The molecule has 1 amide bonds. The first-order valence-corrected chi connectivity index (χ1v) is 7.17. The first-order valence-electron chi connectivity index (χ1n) is 7.17. The standard InChI is InChI=1S/C15H26N2O/c1-4-9-13(5-2)16-12(3)15(18)17-14-10-7-6-8-11-14/h1,12-14,16H,5-11H2,2-3H3,(H,17,18). The van der Waals surface area contributed by atoms with E-state index in [1.54, 1.807) is 0 Å². The summed E-state index contributed by atoms with van der Waals surface area (Å²) in [5.74, 6) is 2.76. The summed E-state index contributed by atoms with van der Waals surface area (Å²) in [6.07, 6.45) is 13.0. The van der Waals surface area contributed by atoms with Crippen molar-refractivity contribution < 1.29 is 4.79 Å². The first kappa shape index (κ1) is 15.0. The highest BCUT2D eigenvalue weighted by Gasteiger charge is 2.20. The minimum Gasteiger partial charge on any atom is -0.352 e. The predicted molar refractivity (Wildman–Crippen MR) is 75.1 cm³/mol. The van der Waals surface area contributed by atoms with Crippen LogP contribution in [0, 0.1) is 12.3 Å². The third-order valence-electron chi connectivity index (χ3n) is 3.69. The molecule has 1 aliphatic rings. The summed E-state index contributed by atoms with van der Waals surface area (Å²) in [5, 5.41) is 6.44. The molecule has 2 atom stereocenters. The highest BCUT2D eigenvalue weighted by Crippen LogP contribution is 2.17. The lowest BCUT2D eigenvalue weighted by atomic mass is 9.95. The van der Waals surface area contributed by atoms with Crippen molar-refractivity contribution in [2.24, 2.45) is 0 Å². The monoisotopic (exact) mass is 250 g/mol. The lowest BCUT2D eigenvalue weighted by Gasteiger charge is -2.26. The molecule has 2 unspecified atom stereocenters. The molecular weight excluding hydrogens is 224 g/mol. The SMILES string of the molecule is C#CCC(CC)NC(C)C(=O)NC1CCCCC1. The zero-order chi connectivity index (χ0) is 13.4. The molecule has 2 N–H and O–H groups in total. The Morgan fingerprint density at radius 2 is 2.06 bits per heavy atom. The minimum absolute atomic E-state index is 0.109. The lowest BCUT2D eigenvalue weighted by molar-refractivity contribution is -0.123. The van der Waals surface area contributed by atoms with Gasteiger partial charge in [0.05, 0.1) is 6.04 Å². The molecule has 0 bridgehead atoms. The molecule has 1 saturated carbocycles. The predicted octanol–water partition coefficient (Wildman–Crippen LogP) is 2.22. The summed E-state index contributed by atoms with van der Waals surface area (Å²) in [5.41, 5.74) is 0. The van der Waals surface area contributed by atoms with E-state index in [1.807, 2.05) is 6.92 Å². The van der Waals surface area contributed by atoms with Gasteiger partial charge in [-0.25, -0.2) is 0 Å². The fourth-order valence-corrected chi connectivity index (χ4v) is 2.47. The summed E-state index contributed by atoms with van der Waals surface area (Å²) in [4.78, 5) is 12.0. The van der Waals surface area contributed by atoms with Gasteiger partial charge in [0.1, 0.15) is 0 Å². The van der Waals surface area contributed by atoms with Crippen molar-refractivity contribution in [3.05, 3.63) is 0 Å². The average molecular weight is 250 g/mol. The highest BCUT2D eigenvalue weighted by atomic mass is 16.2. The van der Waals surface area contributed by atoms with E-state index < -0.39 is 0 Å². The third-order valence-corrected chi connectivity index (χ3v) is 3.69. The molecule has 0 aliphatic heterocycles. The number of rotatable bonds is 6. The van der Waals surface area contributed by atoms with Crippen LogP contribution in [0.1, 0.15) is 58.8 Å². The van der Waals surface area contributed by atoms with Crippen molar-refractivity contribution in [2.45, 2.75) is 76.9 Å². The summed E-state index contributed by atoms with van der Waals surface area (Å²) in [6.45, 7) is 4.00. The molecule has 18 heavy (non-hydrogen) atoms. The zero-order valence-corrected chi connectivity index (χ0v) is 11.7. The van der Waals surface area contributed by atoms with Gasteiger partial charge >= 0.3 is 0 Å². The van der Waals surface area contributed by atoms with Gasteiger partial charge in [0, 0.05) is 18.5 Å². The van der Waals surface area contributed by atoms with Crippen LogP contribution in [0.5, 0.6) is 0 Å². The third kappa shape index (κ3) is 5.10. The number of carbonyl (C=O) groups excluding carboxylic acids is 1. The van der Waals surface area contributed by atoms with Crippen LogP contribution in [0.4, 0.5) is 0 Å². The second kappa shape index (κ2) is 8.16. The fraction of sp³-hybridized carbons (Fsp3) is 0.800. The lowest BCUT2D eigenvalue weighted by Crippen LogP contribution is -2.49.